The zero-order valence-electron chi connectivity index (χ0n) is 16.1. The van der Waals surface area contributed by atoms with Crippen molar-refractivity contribution in [3.05, 3.63) is 64.8 Å². The third-order valence-corrected chi connectivity index (χ3v) is 5.18. The van der Waals surface area contributed by atoms with Gasteiger partial charge >= 0.3 is 0 Å². The van der Waals surface area contributed by atoms with Gasteiger partial charge in [0.25, 0.3) is 11.8 Å². The molecule has 0 unspecified atom stereocenters. The van der Waals surface area contributed by atoms with Gasteiger partial charge in [0.1, 0.15) is 11.4 Å². The number of carbonyl (C=O) groups excluding carboxylic acids is 2. The summed E-state index contributed by atoms with van der Waals surface area (Å²) < 4.78 is 10.9. The SMILES string of the molecule is CCOc1ccc(C2=C(N3CCOCC3)C(=O)N(c3ccc(Cl)cc3)C2=O)cc1. The minimum atomic E-state index is -0.344. The molecule has 2 aromatic rings. The van der Waals surface area contributed by atoms with Gasteiger partial charge in [-0.05, 0) is 48.9 Å². The summed E-state index contributed by atoms with van der Waals surface area (Å²) in [6, 6.07) is 13.9. The van der Waals surface area contributed by atoms with Crippen molar-refractivity contribution in [3.63, 3.8) is 0 Å². The van der Waals surface area contributed by atoms with Crippen LogP contribution < -0.4 is 9.64 Å². The molecule has 29 heavy (non-hydrogen) atoms. The number of imide groups is 1. The molecule has 0 bridgehead atoms. The van der Waals surface area contributed by atoms with Crippen molar-refractivity contribution in [3.8, 4) is 5.75 Å². The molecule has 2 heterocycles. The number of anilines is 1. The summed E-state index contributed by atoms with van der Waals surface area (Å²) in [5, 5.41) is 0.543. The summed E-state index contributed by atoms with van der Waals surface area (Å²) in [7, 11) is 0. The predicted molar refractivity (Wildman–Crippen MR) is 111 cm³/mol. The minimum Gasteiger partial charge on any atom is -0.494 e. The number of morpholine rings is 1. The molecule has 0 atom stereocenters. The number of carbonyl (C=O) groups is 2. The average molecular weight is 413 g/mol. The second-order valence-corrected chi connectivity index (χ2v) is 7.14. The number of ether oxygens (including phenoxy) is 2. The van der Waals surface area contributed by atoms with Gasteiger partial charge in [0.2, 0.25) is 0 Å². The van der Waals surface area contributed by atoms with E-state index < -0.39 is 0 Å². The van der Waals surface area contributed by atoms with Crippen LogP contribution in [-0.2, 0) is 14.3 Å². The molecule has 4 rings (SSSR count). The Morgan fingerprint density at radius 3 is 2.24 bits per heavy atom. The maximum absolute atomic E-state index is 13.4. The molecule has 2 aliphatic rings. The molecule has 2 aliphatic heterocycles. The fourth-order valence-corrected chi connectivity index (χ4v) is 3.69. The van der Waals surface area contributed by atoms with Gasteiger partial charge < -0.3 is 14.4 Å². The zero-order valence-corrected chi connectivity index (χ0v) is 16.8. The van der Waals surface area contributed by atoms with Gasteiger partial charge in [-0.1, -0.05) is 23.7 Å². The summed E-state index contributed by atoms with van der Waals surface area (Å²) in [6.07, 6.45) is 0. The molecule has 0 saturated carbocycles. The van der Waals surface area contributed by atoms with Crippen LogP contribution in [0.2, 0.25) is 5.02 Å². The van der Waals surface area contributed by atoms with E-state index >= 15 is 0 Å². The van der Waals surface area contributed by atoms with Crippen LogP contribution in [0.15, 0.2) is 54.2 Å². The van der Waals surface area contributed by atoms with E-state index in [0.717, 1.165) is 5.75 Å². The van der Waals surface area contributed by atoms with E-state index in [0.29, 0.717) is 60.5 Å². The molecule has 0 spiro atoms. The Kier molecular flexibility index (Phi) is 5.56. The van der Waals surface area contributed by atoms with E-state index in [1.54, 1.807) is 24.3 Å². The van der Waals surface area contributed by atoms with Crippen LogP contribution in [0, 0.1) is 0 Å². The van der Waals surface area contributed by atoms with Crippen LogP contribution in [0.4, 0.5) is 5.69 Å². The van der Waals surface area contributed by atoms with E-state index in [1.165, 1.54) is 4.90 Å². The second kappa shape index (κ2) is 8.27. The number of amides is 2. The first kappa shape index (κ1) is 19.5. The van der Waals surface area contributed by atoms with Crippen molar-refractivity contribution < 1.29 is 19.1 Å². The third kappa shape index (κ3) is 3.73. The topological polar surface area (TPSA) is 59.1 Å². The molecule has 150 valence electrons. The normalized spacial score (nSPS) is 17.3. The Hall–Kier alpha value is -2.83. The Morgan fingerprint density at radius 2 is 1.62 bits per heavy atom. The first-order valence-electron chi connectivity index (χ1n) is 9.54. The highest BCUT2D eigenvalue weighted by molar-refractivity contribution is 6.45. The second-order valence-electron chi connectivity index (χ2n) is 6.70. The molecule has 6 nitrogen and oxygen atoms in total. The number of nitrogens with zero attached hydrogens (tertiary/aromatic N) is 2. The highest BCUT2D eigenvalue weighted by Gasteiger charge is 2.42. The number of halogens is 1. The van der Waals surface area contributed by atoms with Crippen LogP contribution in [0.25, 0.3) is 5.57 Å². The van der Waals surface area contributed by atoms with Crippen molar-refractivity contribution in [1.29, 1.82) is 0 Å². The van der Waals surface area contributed by atoms with Crippen molar-refractivity contribution in [2.75, 3.05) is 37.8 Å². The van der Waals surface area contributed by atoms with E-state index in [2.05, 4.69) is 0 Å². The predicted octanol–water partition coefficient (Wildman–Crippen LogP) is 3.36. The highest BCUT2D eigenvalue weighted by Crippen LogP contribution is 2.36. The molecule has 7 heteroatoms. The van der Waals surface area contributed by atoms with E-state index in [9.17, 15) is 9.59 Å². The quantitative estimate of drug-likeness (QED) is 0.705. The molecule has 0 aliphatic carbocycles. The van der Waals surface area contributed by atoms with Crippen molar-refractivity contribution in [2.45, 2.75) is 6.92 Å². The van der Waals surface area contributed by atoms with Crippen molar-refractivity contribution in [1.82, 2.24) is 4.90 Å². The first-order valence-corrected chi connectivity index (χ1v) is 9.92. The highest BCUT2D eigenvalue weighted by atomic mass is 35.5. The van der Waals surface area contributed by atoms with Gasteiger partial charge in [0.05, 0.1) is 31.1 Å². The lowest BCUT2D eigenvalue weighted by molar-refractivity contribution is -0.121. The number of benzene rings is 2. The Bertz CT molecular complexity index is 948. The molecule has 2 aromatic carbocycles. The Labute approximate surface area is 174 Å². The Balaban J connectivity index is 1.77. The summed E-state index contributed by atoms with van der Waals surface area (Å²) >= 11 is 5.97. The van der Waals surface area contributed by atoms with Gasteiger partial charge in [-0.2, -0.15) is 0 Å². The molecule has 0 radical (unpaired) electrons. The lowest BCUT2D eigenvalue weighted by atomic mass is 10.0. The van der Waals surface area contributed by atoms with Gasteiger partial charge in [-0.3, -0.25) is 9.59 Å². The van der Waals surface area contributed by atoms with E-state index in [-0.39, 0.29) is 11.8 Å². The zero-order chi connectivity index (χ0) is 20.4. The van der Waals surface area contributed by atoms with Gasteiger partial charge in [-0.25, -0.2) is 4.90 Å². The number of hydrogen-bond acceptors (Lipinski definition) is 5. The molecular formula is C22H21ClN2O4. The van der Waals surface area contributed by atoms with Crippen LogP contribution >= 0.6 is 11.6 Å². The summed E-state index contributed by atoms with van der Waals surface area (Å²) in [6.45, 7) is 4.62. The van der Waals surface area contributed by atoms with Crippen molar-refractivity contribution in [2.24, 2.45) is 0 Å². The lowest BCUT2D eigenvalue weighted by Gasteiger charge is -2.29. The van der Waals surface area contributed by atoms with Crippen LogP contribution in [0.5, 0.6) is 5.75 Å². The fraction of sp³-hybridized carbons (Fsp3) is 0.273. The maximum Gasteiger partial charge on any atom is 0.282 e. The lowest BCUT2D eigenvalue weighted by Crippen LogP contribution is -2.40. The van der Waals surface area contributed by atoms with Crippen LogP contribution in [0.3, 0.4) is 0 Å². The number of hydrogen-bond donors (Lipinski definition) is 0. The minimum absolute atomic E-state index is 0.330. The van der Waals surface area contributed by atoms with Crippen molar-refractivity contribution >= 4 is 34.7 Å². The fourth-order valence-electron chi connectivity index (χ4n) is 3.57. The molecule has 1 saturated heterocycles. The molecule has 1 fully saturated rings. The largest absolute Gasteiger partial charge is 0.494 e. The van der Waals surface area contributed by atoms with Gasteiger partial charge in [0, 0.05) is 18.1 Å². The van der Waals surface area contributed by atoms with Gasteiger partial charge in [-0.15, -0.1) is 0 Å². The monoisotopic (exact) mass is 412 g/mol. The summed E-state index contributed by atoms with van der Waals surface area (Å²) in [5.74, 6) is 0.0437. The summed E-state index contributed by atoms with van der Waals surface area (Å²) in [4.78, 5) is 29.9. The average Bonchev–Trinajstić information content (AvgIpc) is 3.00. The molecule has 0 N–H and O–H groups in total. The van der Waals surface area contributed by atoms with Crippen LogP contribution in [-0.4, -0.2) is 49.6 Å². The van der Waals surface area contributed by atoms with Crippen LogP contribution in [0.1, 0.15) is 12.5 Å². The molecule has 0 aromatic heterocycles. The molecule has 2 amide bonds. The number of rotatable bonds is 5. The molecular weight excluding hydrogens is 392 g/mol. The summed E-state index contributed by atoms with van der Waals surface area (Å²) in [5.41, 5.74) is 1.99. The van der Waals surface area contributed by atoms with Gasteiger partial charge in [0.15, 0.2) is 0 Å². The standard InChI is InChI=1S/C22H21ClN2O4/c1-2-29-18-9-3-15(4-10-18)19-20(24-11-13-28-14-12-24)22(27)25(21(19)26)17-7-5-16(23)6-8-17/h3-10H,2,11-14H2,1H3. The van der Waals surface area contributed by atoms with E-state index in [4.69, 9.17) is 21.1 Å². The van der Waals surface area contributed by atoms with E-state index in [1.807, 2.05) is 36.1 Å². The smallest absolute Gasteiger partial charge is 0.282 e. The Morgan fingerprint density at radius 1 is 0.966 bits per heavy atom. The third-order valence-electron chi connectivity index (χ3n) is 4.93. The maximum atomic E-state index is 13.4. The first-order chi connectivity index (χ1) is 14.1.